The van der Waals surface area contributed by atoms with Crippen LogP contribution in [0.15, 0.2) is 11.4 Å². The Bertz CT molecular complexity index is 377. The Kier molecular flexibility index (Phi) is 3.94. The first-order chi connectivity index (χ1) is 7.79. The number of hydrogen-bond donors (Lipinski definition) is 1. The number of hydrogen-bond acceptors (Lipinski definition) is 4. The molecular formula is C12H16N2OS. The topological polar surface area (TPSA) is 45.0 Å². The van der Waals surface area contributed by atoms with Crippen molar-refractivity contribution in [2.45, 2.75) is 25.9 Å². The van der Waals surface area contributed by atoms with Gasteiger partial charge in [0.05, 0.1) is 12.2 Å². The molecule has 0 spiro atoms. The predicted octanol–water partition coefficient (Wildman–Crippen LogP) is 2.13. The third kappa shape index (κ3) is 2.82. The highest BCUT2D eigenvalue weighted by atomic mass is 32.1. The third-order valence-corrected chi connectivity index (χ3v) is 3.99. The normalized spacial score (nSPS) is 21.9. The molecule has 2 unspecified atom stereocenters. The van der Waals surface area contributed by atoms with Crippen LogP contribution >= 0.6 is 11.3 Å². The molecule has 0 radical (unpaired) electrons. The lowest BCUT2D eigenvalue weighted by Crippen LogP contribution is -2.33. The van der Waals surface area contributed by atoms with Crippen LogP contribution in [0, 0.1) is 17.2 Å². The molecule has 0 saturated carbocycles. The van der Waals surface area contributed by atoms with Gasteiger partial charge in [-0.1, -0.05) is 0 Å². The van der Waals surface area contributed by atoms with Crippen molar-refractivity contribution in [3.05, 3.63) is 21.9 Å². The van der Waals surface area contributed by atoms with Gasteiger partial charge in [-0.25, -0.2) is 0 Å². The van der Waals surface area contributed by atoms with E-state index in [9.17, 15) is 0 Å². The van der Waals surface area contributed by atoms with Crippen LogP contribution in [0.25, 0.3) is 0 Å². The van der Waals surface area contributed by atoms with E-state index in [-0.39, 0.29) is 0 Å². The summed E-state index contributed by atoms with van der Waals surface area (Å²) in [5.41, 5.74) is 0.763. The van der Waals surface area contributed by atoms with Crippen molar-refractivity contribution in [1.29, 1.82) is 5.26 Å². The number of nitrogens with one attached hydrogen (secondary N) is 1. The minimum absolute atomic E-state index is 0.482. The Labute approximate surface area is 100 Å². The molecule has 1 fully saturated rings. The van der Waals surface area contributed by atoms with E-state index in [4.69, 9.17) is 10.00 Å². The standard InChI is InChI=1S/C12H16N2OS/c1-9(11-2-3-15-7-11)14-6-12-4-10(5-13)8-16-12/h4,8-9,11,14H,2-3,6-7H2,1H3. The number of nitriles is 1. The van der Waals surface area contributed by atoms with Crippen molar-refractivity contribution in [3.8, 4) is 6.07 Å². The van der Waals surface area contributed by atoms with Gasteiger partial charge in [-0.3, -0.25) is 0 Å². The maximum Gasteiger partial charge on any atom is 0.100 e. The van der Waals surface area contributed by atoms with E-state index < -0.39 is 0 Å². The second-order valence-corrected chi connectivity index (χ2v) is 5.20. The summed E-state index contributed by atoms with van der Waals surface area (Å²) in [4.78, 5) is 1.22. The second-order valence-electron chi connectivity index (χ2n) is 4.21. The van der Waals surface area contributed by atoms with Crippen molar-refractivity contribution in [3.63, 3.8) is 0 Å². The number of thiophene rings is 1. The quantitative estimate of drug-likeness (QED) is 0.871. The lowest BCUT2D eigenvalue weighted by atomic mass is 10.0. The second kappa shape index (κ2) is 5.44. The average molecular weight is 236 g/mol. The fourth-order valence-electron chi connectivity index (χ4n) is 1.91. The van der Waals surface area contributed by atoms with E-state index in [0.717, 1.165) is 31.7 Å². The molecule has 4 heteroatoms. The average Bonchev–Trinajstić information content (AvgIpc) is 2.96. The number of rotatable bonds is 4. The van der Waals surface area contributed by atoms with Crippen LogP contribution in [0.3, 0.4) is 0 Å². The minimum Gasteiger partial charge on any atom is -0.381 e. The summed E-state index contributed by atoms with van der Waals surface area (Å²) < 4.78 is 5.37. The molecule has 1 saturated heterocycles. The summed E-state index contributed by atoms with van der Waals surface area (Å²) in [7, 11) is 0. The summed E-state index contributed by atoms with van der Waals surface area (Å²) >= 11 is 1.64. The highest BCUT2D eigenvalue weighted by molar-refractivity contribution is 7.10. The molecule has 1 aromatic rings. The van der Waals surface area contributed by atoms with Gasteiger partial charge in [0.15, 0.2) is 0 Å². The Hall–Kier alpha value is -0.890. The lowest BCUT2D eigenvalue weighted by Gasteiger charge is -2.18. The van der Waals surface area contributed by atoms with Gasteiger partial charge in [-0.05, 0) is 25.3 Å². The Morgan fingerprint density at radius 1 is 1.75 bits per heavy atom. The van der Waals surface area contributed by atoms with Crippen LogP contribution in [0.5, 0.6) is 0 Å². The van der Waals surface area contributed by atoms with Crippen LogP contribution in [-0.4, -0.2) is 19.3 Å². The van der Waals surface area contributed by atoms with Crippen LogP contribution in [-0.2, 0) is 11.3 Å². The first-order valence-corrected chi connectivity index (χ1v) is 6.46. The van der Waals surface area contributed by atoms with Gasteiger partial charge in [0.2, 0.25) is 0 Å². The van der Waals surface area contributed by atoms with Crippen molar-refractivity contribution < 1.29 is 4.74 Å². The van der Waals surface area contributed by atoms with Crippen LogP contribution in [0.2, 0.25) is 0 Å². The molecule has 0 aromatic carbocycles. The predicted molar refractivity (Wildman–Crippen MR) is 64.3 cm³/mol. The molecule has 86 valence electrons. The zero-order chi connectivity index (χ0) is 11.4. The molecule has 1 N–H and O–H groups in total. The highest BCUT2D eigenvalue weighted by Gasteiger charge is 2.21. The molecule has 0 aliphatic carbocycles. The van der Waals surface area contributed by atoms with Gasteiger partial charge in [-0.15, -0.1) is 11.3 Å². The fraction of sp³-hybridized carbons (Fsp3) is 0.583. The Balaban J connectivity index is 1.80. The Morgan fingerprint density at radius 3 is 3.25 bits per heavy atom. The largest absolute Gasteiger partial charge is 0.381 e. The fourth-order valence-corrected chi connectivity index (χ4v) is 2.67. The maximum atomic E-state index is 8.72. The van der Waals surface area contributed by atoms with E-state index in [1.165, 1.54) is 4.88 Å². The van der Waals surface area contributed by atoms with Crippen LogP contribution in [0.4, 0.5) is 0 Å². The van der Waals surface area contributed by atoms with Crippen molar-refractivity contribution in [2.24, 2.45) is 5.92 Å². The minimum atomic E-state index is 0.482. The number of ether oxygens (including phenoxy) is 1. The zero-order valence-electron chi connectivity index (χ0n) is 9.40. The molecule has 3 nitrogen and oxygen atoms in total. The molecule has 2 atom stereocenters. The molecular weight excluding hydrogens is 220 g/mol. The SMILES string of the molecule is CC(NCc1cc(C#N)cs1)C1CCOC1. The first-order valence-electron chi connectivity index (χ1n) is 5.58. The molecule has 0 amide bonds. The van der Waals surface area contributed by atoms with E-state index in [1.807, 2.05) is 11.4 Å². The van der Waals surface area contributed by atoms with E-state index in [2.05, 4.69) is 18.3 Å². The summed E-state index contributed by atoms with van der Waals surface area (Å²) in [6.45, 7) is 4.83. The summed E-state index contributed by atoms with van der Waals surface area (Å²) in [6, 6.07) is 4.59. The molecule has 2 heterocycles. The van der Waals surface area contributed by atoms with Gasteiger partial charge < -0.3 is 10.1 Å². The van der Waals surface area contributed by atoms with Crippen molar-refractivity contribution >= 4 is 11.3 Å². The third-order valence-electron chi connectivity index (χ3n) is 3.05. The zero-order valence-corrected chi connectivity index (χ0v) is 10.2. The van der Waals surface area contributed by atoms with Crippen LogP contribution in [0.1, 0.15) is 23.8 Å². The van der Waals surface area contributed by atoms with Crippen molar-refractivity contribution in [1.82, 2.24) is 5.32 Å². The van der Waals surface area contributed by atoms with Gasteiger partial charge in [0, 0.05) is 29.5 Å². The summed E-state index contributed by atoms with van der Waals surface area (Å²) in [5, 5.41) is 14.1. The summed E-state index contributed by atoms with van der Waals surface area (Å²) in [6.07, 6.45) is 1.15. The molecule has 1 aliphatic rings. The van der Waals surface area contributed by atoms with Crippen molar-refractivity contribution in [2.75, 3.05) is 13.2 Å². The molecule has 0 bridgehead atoms. The smallest absolute Gasteiger partial charge is 0.100 e. The van der Waals surface area contributed by atoms with E-state index in [1.54, 1.807) is 11.3 Å². The monoisotopic (exact) mass is 236 g/mol. The Morgan fingerprint density at radius 2 is 2.62 bits per heavy atom. The number of nitrogens with zero attached hydrogens (tertiary/aromatic N) is 1. The molecule has 16 heavy (non-hydrogen) atoms. The van der Waals surface area contributed by atoms with E-state index >= 15 is 0 Å². The molecule has 1 aromatic heterocycles. The van der Waals surface area contributed by atoms with Crippen LogP contribution < -0.4 is 5.32 Å². The van der Waals surface area contributed by atoms with Gasteiger partial charge in [0.1, 0.15) is 6.07 Å². The molecule has 1 aliphatic heterocycles. The maximum absolute atomic E-state index is 8.72. The van der Waals surface area contributed by atoms with Gasteiger partial charge >= 0.3 is 0 Å². The highest BCUT2D eigenvalue weighted by Crippen LogP contribution is 2.18. The van der Waals surface area contributed by atoms with Gasteiger partial charge in [0.25, 0.3) is 0 Å². The first kappa shape index (κ1) is 11.6. The lowest BCUT2D eigenvalue weighted by molar-refractivity contribution is 0.178. The summed E-state index contributed by atoms with van der Waals surface area (Å²) in [5.74, 6) is 0.635. The van der Waals surface area contributed by atoms with Gasteiger partial charge in [-0.2, -0.15) is 5.26 Å². The molecule has 2 rings (SSSR count). The van der Waals surface area contributed by atoms with E-state index in [0.29, 0.717) is 12.0 Å².